The number of hydrogen-bond acceptors (Lipinski definition) is 1. The molecule has 0 saturated carbocycles. The summed E-state index contributed by atoms with van der Waals surface area (Å²) in [6, 6.07) is 4.40. The number of nitrogens with one attached hydrogen (secondary N) is 1. The highest BCUT2D eigenvalue weighted by molar-refractivity contribution is 5.14. The van der Waals surface area contributed by atoms with Gasteiger partial charge in [0.25, 0.3) is 0 Å². The average molecular weight is 192 g/mol. The second kappa shape index (κ2) is 3.43. The molecule has 1 atom stereocenters. The van der Waals surface area contributed by atoms with Gasteiger partial charge in [0, 0.05) is 23.5 Å². The summed E-state index contributed by atoms with van der Waals surface area (Å²) in [5, 5.41) is 3.60. The molecule has 1 saturated heterocycles. The smallest absolute Gasteiger partial charge is 0.0404 e. The molecule has 0 radical (unpaired) electrons. The molecule has 1 unspecified atom stereocenters. The SMILES string of the molecule is Cc1ccc(C)n1CC1(C)CCCN1. The fourth-order valence-corrected chi connectivity index (χ4v) is 2.39. The molecule has 1 aromatic heterocycles. The summed E-state index contributed by atoms with van der Waals surface area (Å²) in [5.74, 6) is 0. The molecular formula is C12H20N2. The van der Waals surface area contributed by atoms with Gasteiger partial charge in [0.2, 0.25) is 0 Å². The number of aromatic nitrogens is 1. The zero-order valence-corrected chi connectivity index (χ0v) is 9.43. The van der Waals surface area contributed by atoms with Crippen LogP contribution in [0.2, 0.25) is 0 Å². The van der Waals surface area contributed by atoms with Gasteiger partial charge in [0.15, 0.2) is 0 Å². The minimum atomic E-state index is 0.314. The standard InChI is InChI=1S/C12H20N2/c1-10-5-6-11(2)14(10)9-12(3)7-4-8-13-12/h5-6,13H,4,7-9H2,1-3H3. The van der Waals surface area contributed by atoms with Crippen LogP contribution in [0.1, 0.15) is 31.2 Å². The van der Waals surface area contributed by atoms with E-state index < -0.39 is 0 Å². The van der Waals surface area contributed by atoms with Crippen LogP contribution >= 0.6 is 0 Å². The van der Waals surface area contributed by atoms with E-state index in [9.17, 15) is 0 Å². The Bertz CT molecular complexity index is 300. The van der Waals surface area contributed by atoms with Gasteiger partial charge >= 0.3 is 0 Å². The first-order valence-electron chi connectivity index (χ1n) is 5.48. The molecular weight excluding hydrogens is 172 g/mol. The van der Waals surface area contributed by atoms with Crippen LogP contribution in [-0.2, 0) is 6.54 Å². The number of aryl methyl sites for hydroxylation is 2. The first-order valence-corrected chi connectivity index (χ1v) is 5.48. The van der Waals surface area contributed by atoms with E-state index in [1.807, 2.05) is 0 Å². The second-order valence-electron chi connectivity index (χ2n) is 4.79. The quantitative estimate of drug-likeness (QED) is 0.760. The number of rotatable bonds is 2. The molecule has 0 aromatic carbocycles. The van der Waals surface area contributed by atoms with Crippen LogP contribution in [0, 0.1) is 13.8 Å². The largest absolute Gasteiger partial charge is 0.347 e. The third-order valence-corrected chi connectivity index (χ3v) is 3.38. The highest BCUT2D eigenvalue weighted by Gasteiger charge is 2.28. The lowest BCUT2D eigenvalue weighted by Crippen LogP contribution is -2.40. The molecule has 1 aliphatic heterocycles. The predicted molar refractivity (Wildman–Crippen MR) is 59.5 cm³/mol. The minimum absolute atomic E-state index is 0.314. The molecule has 0 amide bonds. The Morgan fingerprint density at radius 1 is 1.36 bits per heavy atom. The maximum absolute atomic E-state index is 3.60. The van der Waals surface area contributed by atoms with Gasteiger partial charge in [0.05, 0.1) is 0 Å². The molecule has 0 spiro atoms. The highest BCUT2D eigenvalue weighted by atomic mass is 15.1. The van der Waals surface area contributed by atoms with E-state index in [1.54, 1.807) is 0 Å². The fraction of sp³-hybridized carbons (Fsp3) is 0.667. The Morgan fingerprint density at radius 2 is 2.00 bits per heavy atom. The lowest BCUT2D eigenvalue weighted by molar-refractivity contribution is 0.349. The summed E-state index contributed by atoms with van der Waals surface area (Å²) >= 11 is 0. The van der Waals surface area contributed by atoms with Crippen molar-refractivity contribution in [3.63, 3.8) is 0 Å². The molecule has 1 aromatic rings. The Hall–Kier alpha value is -0.760. The highest BCUT2D eigenvalue weighted by Crippen LogP contribution is 2.22. The fourth-order valence-electron chi connectivity index (χ4n) is 2.39. The van der Waals surface area contributed by atoms with Gasteiger partial charge in [-0.05, 0) is 52.3 Å². The van der Waals surface area contributed by atoms with Gasteiger partial charge in [-0.2, -0.15) is 0 Å². The maximum atomic E-state index is 3.60. The van der Waals surface area contributed by atoms with Crippen molar-refractivity contribution < 1.29 is 0 Å². The first kappa shape index (κ1) is 9.78. The van der Waals surface area contributed by atoms with Crippen molar-refractivity contribution in [1.29, 1.82) is 0 Å². The second-order valence-corrected chi connectivity index (χ2v) is 4.79. The van der Waals surface area contributed by atoms with Gasteiger partial charge in [-0.15, -0.1) is 0 Å². The molecule has 2 heteroatoms. The van der Waals surface area contributed by atoms with Crippen LogP contribution in [0.3, 0.4) is 0 Å². The monoisotopic (exact) mass is 192 g/mol. The Labute approximate surface area is 86.3 Å². The summed E-state index contributed by atoms with van der Waals surface area (Å²) in [6.45, 7) is 8.99. The lowest BCUT2D eigenvalue weighted by Gasteiger charge is -2.26. The molecule has 2 rings (SSSR count). The van der Waals surface area contributed by atoms with Gasteiger partial charge < -0.3 is 9.88 Å². The van der Waals surface area contributed by atoms with Crippen molar-refractivity contribution in [3.05, 3.63) is 23.5 Å². The van der Waals surface area contributed by atoms with E-state index in [0.29, 0.717) is 5.54 Å². The summed E-state index contributed by atoms with van der Waals surface area (Å²) in [5.41, 5.74) is 3.06. The van der Waals surface area contributed by atoms with Crippen LogP contribution < -0.4 is 5.32 Å². The van der Waals surface area contributed by atoms with Gasteiger partial charge in [-0.25, -0.2) is 0 Å². The predicted octanol–water partition coefficient (Wildman–Crippen LogP) is 2.25. The topological polar surface area (TPSA) is 17.0 Å². The zero-order chi connectivity index (χ0) is 10.2. The van der Waals surface area contributed by atoms with E-state index >= 15 is 0 Å². The van der Waals surface area contributed by atoms with Crippen LogP contribution in [-0.4, -0.2) is 16.7 Å². The van der Waals surface area contributed by atoms with Gasteiger partial charge in [0.1, 0.15) is 0 Å². The summed E-state index contributed by atoms with van der Waals surface area (Å²) in [4.78, 5) is 0. The number of hydrogen-bond donors (Lipinski definition) is 1. The molecule has 0 bridgehead atoms. The molecule has 1 fully saturated rings. The molecule has 78 valence electrons. The van der Waals surface area contributed by atoms with Crippen LogP contribution in [0.15, 0.2) is 12.1 Å². The third-order valence-electron chi connectivity index (χ3n) is 3.38. The van der Waals surface area contributed by atoms with Gasteiger partial charge in [-0.1, -0.05) is 0 Å². The van der Waals surface area contributed by atoms with Crippen molar-refractivity contribution in [3.8, 4) is 0 Å². The van der Waals surface area contributed by atoms with Gasteiger partial charge in [-0.3, -0.25) is 0 Å². The molecule has 0 aliphatic carbocycles. The van der Waals surface area contributed by atoms with E-state index in [4.69, 9.17) is 0 Å². The van der Waals surface area contributed by atoms with Crippen molar-refractivity contribution in [2.45, 2.75) is 45.7 Å². The molecule has 2 heterocycles. The summed E-state index contributed by atoms with van der Waals surface area (Å²) in [7, 11) is 0. The van der Waals surface area contributed by atoms with Crippen molar-refractivity contribution in [2.24, 2.45) is 0 Å². The molecule has 14 heavy (non-hydrogen) atoms. The summed E-state index contributed by atoms with van der Waals surface area (Å²) < 4.78 is 2.42. The molecule has 1 aliphatic rings. The van der Waals surface area contributed by atoms with E-state index in [2.05, 4.69) is 42.8 Å². The van der Waals surface area contributed by atoms with E-state index in [1.165, 1.54) is 30.8 Å². The lowest BCUT2D eigenvalue weighted by atomic mass is 10.0. The normalized spacial score (nSPS) is 27.1. The van der Waals surface area contributed by atoms with Crippen LogP contribution in [0.4, 0.5) is 0 Å². The Balaban J connectivity index is 2.17. The van der Waals surface area contributed by atoms with Crippen LogP contribution in [0.25, 0.3) is 0 Å². The minimum Gasteiger partial charge on any atom is -0.347 e. The summed E-state index contributed by atoms with van der Waals surface area (Å²) in [6.07, 6.45) is 2.61. The van der Waals surface area contributed by atoms with E-state index in [0.717, 1.165) is 6.54 Å². The van der Waals surface area contributed by atoms with Crippen molar-refractivity contribution >= 4 is 0 Å². The molecule has 1 N–H and O–H groups in total. The Morgan fingerprint density at radius 3 is 2.50 bits per heavy atom. The van der Waals surface area contributed by atoms with E-state index in [-0.39, 0.29) is 0 Å². The number of nitrogens with zero attached hydrogens (tertiary/aromatic N) is 1. The maximum Gasteiger partial charge on any atom is 0.0404 e. The first-order chi connectivity index (χ1) is 6.61. The van der Waals surface area contributed by atoms with Crippen molar-refractivity contribution in [2.75, 3.05) is 6.54 Å². The average Bonchev–Trinajstić information content (AvgIpc) is 2.68. The zero-order valence-electron chi connectivity index (χ0n) is 9.43. The van der Waals surface area contributed by atoms with Crippen LogP contribution in [0.5, 0.6) is 0 Å². The molecule has 2 nitrogen and oxygen atoms in total. The Kier molecular flexibility index (Phi) is 2.40. The van der Waals surface area contributed by atoms with Crippen molar-refractivity contribution in [1.82, 2.24) is 9.88 Å². The third kappa shape index (κ3) is 1.71.